The largest absolute Gasteiger partial charge is 0.366 e. The van der Waals surface area contributed by atoms with E-state index in [4.69, 9.17) is 5.73 Å². The number of rotatable bonds is 8. The summed E-state index contributed by atoms with van der Waals surface area (Å²) in [5, 5.41) is 17.2. The minimum Gasteiger partial charge on any atom is -0.366 e. The van der Waals surface area contributed by atoms with E-state index < -0.39 is 10.8 Å². The Morgan fingerprint density at radius 2 is 2.08 bits per heavy atom. The Hall–Kier alpha value is -2.17. The van der Waals surface area contributed by atoms with Crippen molar-refractivity contribution in [2.24, 2.45) is 5.73 Å². The number of piperazine rings is 1. The van der Waals surface area contributed by atoms with Crippen molar-refractivity contribution in [2.75, 3.05) is 45.0 Å². The van der Waals surface area contributed by atoms with E-state index >= 15 is 0 Å². The first-order valence-electron chi connectivity index (χ1n) is 7.88. The predicted molar refractivity (Wildman–Crippen MR) is 94.7 cm³/mol. The van der Waals surface area contributed by atoms with E-state index in [1.165, 1.54) is 12.1 Å². The third-order valence-electron chi connectivity index (χ3n) is 3.76. The van der Waals surface area contributed by atoms with Gasteiger partial charge in [-0.05, 0) is 12.1 Å². The van der Waals surface area contributed by atoms with Crippen LogP contribution in [0.2, 0.25) is 0 Å². The Labute approximate surface area is 149 Å². The van der Waals surface area contributed by atoms with Gasteiger partial charge in [0.05, 0.1) is 15.6 Å². The van der Waals surface area contributed by atoms with Crippen LogP contribution in [-0.4, -0.2) is 66.7 Å². The second-order valence-corrected chi connectivity index (χ2v) is 6.55. The van der Waals surface area contributed by atoms with Crippen LogP contribution in [0.1, 0.15) is 10.4 Å². The smallest absolute Gasteiger partial charge is 0.283 e. The topological polar surface area (TPSA) is 131 Å². The third kappa shape index (κ3) is 6.00. The first-order valence-corrected chi connectivity index (χ1v) is 8.87. The molecule has 1 aliphatic heterocycles. The second-order valence-electron chi connectivity index (χ2n) is 5.53. The molecule has 1 aromatic carbocycles. The summed E-state index contributed by atoms with van der Waals surface area (Å²) < 4.78 is 0. The minimum absolute atomic E-state index is 0.0662. The molecule has 0 aliphatic carbocycles. The number of carbonyl (C=O) groups is 2. The standard InChI is InChI=1S/C15H21N5O4S/c16-15(22)11-1-2-13(12(9-11)20(23)24)25-10-14(21)18-5-8-19-6-3-17-4-7-19/h1-2,9,17H,3-8,10H2,(H2,16,22)(H,18,21). The molecule has 4 N–H and O–H groups in total. The van der Waals surface area contributed by atoms with Gasteiger partial charge in [0.25, 0.3) is 5.69 Å². The van der Waals surface area contributed by atoms with E-state index in [9.17, 15) is 19.7 Å². The summed E-state index contributed by atoms with van der Waals surface area (Å²) in [5.41, 5.74) is 4.97. The second kappa shape index (κ2) is 9.35. The Morgan fingerprint density at radius 3 is 2.72 bits per heavy atom. The maximum atomic E-state index is 11.9. The van der Waals surface area contributed by atoms with Crippen LogP contribution in [0, 0.1) is 10.1 Å². The maximum Gasteiger partial charge on any atom is 0.283 e. The molecule has 1 aliphatic rings. The molecule has 9 nitrogen and oxygen atoms in total. The highest BCUT2D eigenvalue weighted by Gasteiger charge is 2.18. The molecule has 0 radical (unpaired) electrons. The highest BCUT2D eigenvalue weighted by molar-refractivity contribution is 8.00. The monoisotopic (exact) mass is 367 g/mol. The van der Waals surface area contributed by atoms with Gasteiger partial charge >= 0.3 is 0 Å². The molecule has 0 unspecified atom stereocenters. The lowest BCUT2D eigenvalue weighted by molar-refractivity contribution is -0.387. The Balaban J connectivity index is 1.82. The van der Waals surface area contributed by atoms with Crippen LogP contribution >= 0.6 is 11.8 Å². The molecule has 136 valence electrons. The molecule has 10 heteroatoms. The number of primary amides is 1. The van der Waals surface area contributed by atoms with Crippen molar-refractivity contribution in [2.45, 2.75) is 4.90 Å². The van der Waals surface area contributed by atoms with Crippen LogP contribution in [0.15, 0.2) is 23.1 Å². The number of nitrogens with two attached hydrogens (primary N) is 1. The van der Waals surface area contributed by atoms with Crippen LogP contribution in [0.5, 0.6) is 0 Å². The van der Waals surface area contributed by atoms with Crippen molar-refractivity contribution < 1.29 is 14.5 Å². The SMILES string of the molecule is NC(=O)c1ccc(SCC(=O)NCCN2CCNCC2)c([N+](=O)[O-])c1. The fraction of sp³-hybridized carbons (Fsp3) is 0.467. The van der Waals surface area contributed by atoms with Gasteiger partial charge in [0.2, 0.25) is 11.8 Å². The van der Waals surface area contributed by atoms with Crippen LogP contribution in [0.25, 0.3) is 0 Å². The molecule has 0 atom stereocenters. The molecule has 0 bridgehead atoms. The van der Waals surface area contributed by atoms with Gasteiger partial charge in [0.15, 0.2) is 0 Å². The number of nitrogens with zero attached hydrogens (tertiary/aromatic N) is 2. The van der Waals surface area contributed by atoms with Crippen molar-refractivity contribution in [3.63, 3.8) is 0 Å². The fourth-order valence-electron chi connectivity index (χ4n) is 2.42. The summed E-state index contributed by atoms with van der Waals surface area (Å²) in [6.45, 7) is 5.16. The summed E-state index contributed by atoms with van der Waals surface area (Å²) in [4.78, 5) is 36.1. The van der Waals surface area contributed by atoms with Gasteiger partial charge in [-0.15, -0.1) is 11.8 Å². The lowest BCUT2D eigenvalue weighted by atomic mass is 10.2. The Bertz CT molecular complexity index is 649. The van der Waals surface area contributed by atoms with E-state index in [-0.39, 0.29) is 22.9 Å². The maximum absolute atomic E-state index is 11.9. The quantitative estimate of drug-likeness (QED) is 0.330. The van der Waals surface area contributed by atoms with Crippen LogP contribution in [0.3, 0.4) is 0 Å². The lowest BCUT2D eigenvalue weighted by Crippen LogP contribution is -2.46. The average molecular weight is 367 g/mol. The van der Waals surface area contributed by atoms with Gasteiger partial charge < -0.3 is 16.4 Å². The van der Waals surface area contributed by atoms with Gasteiger partial charge in [-0.1, -0.05) is 0 Å². The van der Waals surface area contributed by atoms with Gasteiger partial charge in [-0.3, -0.25) is 24.6 Å². The fourth-order valence-corrected chi connectivity index (χ4v) is 3.25. The molecule has 1 fully saturated rings. The zero-order chi connectivity index (χ0) is 18.2. The van der Waals surface area contributed by atoms with Crippen molar-refractivity contribution in [1.82, 2.24) is 15.5 Å². The summed E-state index contributed by atoms with van der Waals surface area (Å²) in [5.74, 6) is -0.850. The number of nitrogens with one attached hydrogen (secondary N) is 2. The van der Waals surface area contributed by atoms with Crippen molar-refractivity contribution in [3.8, 4) is 0 Å². The molecule has 25 heavy (non-hydrogen) atoms. The first kappa shape index (κ1) is 19.2. The Morgan fingerprint density at radius 1 is 1.36 bits per heavy atom. The summed E-state index contributed by atoms with van der Waals surface area (Å²) >= 11 is 1.06. The zero-order valence-electron chi connectivity index (χ0n) is 13.7. The number of carbonyl (C=O) groups excluding carboxylic acids is 2. The normalized spacial score (nSPS) is 14.9. The zero-order valence-corrected chi connectivity index (χ0v) is 14.5. The molecule has 2 amide bonds. The van der Waals surface area contributed by atoms with E-state index in [1.54, 1.807) is 0 Å². The number of benzene rings is 1. The average Bonchev–Trinajstić information content (AvgIpc) is 2.60. The van der Waals surface area contributed by atoms with Crippen LogP contribution in [0.4, 0.5) is 5.69 Å². The summed E-state index contributed by atoms with van der Waals surface area (Å²) in [6, 6.07) is 3.99. The van der Waals surface area contributed by atoms with E-state index in [2.05, 4.69) is 15.5 Å². The van der Waals surface area contributed by atoms with Crippen molar-refractivity contribution in [1.29, 1.82) is 0 Å². The van der Waals surface area contributed by atoms with Crippen molar-refractivity contribution >= 4 is 29.3 Å². The van der Waals surface area contributed by atoms with E-state index in [0.717, 1.165) is 50.6 Å². The molecule has 1 saturated heterocycles. The molecule has 0 saturated carbocycles. The molecular formula is C15H21N5O4S. The number of hydrogen-bond acceptors (Lipinski definition) is 7. The number of hydrogen-bond donors (Lipinski definition) is 3. The number of nitro groups is 1. The molecule has 2 rings (SSSR count). The molecular weight excluding hydrogens is 346 g/mol. The van der Waals surface area contributed by atoms with Crippen LogP contribution < -0.4 is 16.4 Å². The highest BCUT2D eigenvalue weighted by Crippen LogP contribution is 2.29. The molecule has 0 aromatic heterocycles. The van der Waals surface area contributed by atoms with Crippen LogP contribution in [-0.2, 0) is 4.79 Å². The van der Waals surface area contributed by atoms with Gasteiger partial charge in [0.1, 0.15) is 0 Å². The van der Waals surface area contributed by atoms with Gasteiger partial charge in [-0.25, -0.2) is 0 Å². The number of thioether (sulfide) groups is 1. The molecule has 1 heterocycles. The van der Waals surface area contributed by atoms with E-state index in [0.29, 0.717) is 11.4 Å². The van der Waals surface area contributed by atoms with Gasteiger partial charge in [-0.2, -0.15) is 0 Å². The van der Waals surface area contributed by atoms with Crippen molar-refractivity contribution in [3.05, 3.63) is 33.9 Å². The van der Waals surface area contributed by atoms with E-state index in [1.807, 2.05) is 0 Å². The highest BCUT2D eigenvalue weighted by atomic mass is 32.2. The number of nitro benzene ring substituents is 1. The van der Waals surface area contributed by atoms with Gasteiger partial charge in [0, 0.05) is 50.9 Å². The molecule has 1 aromatic rings. The first-order chi connectivity index (χ1) is 12.0. The predicted octanol–water partition coefficient (Wildman–Crippen LogP) is -0.193. The lowest BCUT2D eigenvalue weighted by Gasteiger charge is -2.27. The number of amides is 2. The Kier molecular flexibility index (Phi) is 7.16. The summed E-state index contributed by atoms with van der Waals surface area (Å²) in [7, 11) is 0. The summed E-state index contributed by atoms with van der Waals surface area (Å²) in [6.07, 6.45) is 0. The minimum atomic E-state index is -0.731. The third-order valence-corrected chi connectivity index (χ3v) is 4.82. The molecule has 0 spiro atoms.